The zero-order valence-corrected chi connectivity index (χ0v) is 12.2. The van der Waals surface area contributed by atoms with Gasteiger partial charge in [0.15, 0.2) is 0 Å². The quantitative estimate of drug-likeness (QED) is 0.418. The second kappa shape index (κ2) is 4.83. The minimum Gasteiger partial charge on any atom is -0.461 e. The minimum absolute atomic E-state index is 0.0726. The first-order chi connectivity index (χ1) is 9.90. The van der Waals surface area contributed by atoms with E-state index in [9.17, 15) is 14.4 Å². The van der Waals surface area contributed by atoms with E-state index in [4.69, 9.17) is 9.47 Å². The highest BCUT2D eigenvalue weighted by Gasteiger charge is 2.53. The first kappa shape index (κ1) is 14.0. The SMILES string of the molecule is C=C1C(=O)O[C@H]2CC(C)=C3CCC(=O)[C@@H]3[C@H](OC(C)=O)[C@H]12. The molecule has 0 radical (unpaired) electrons. The lowest BCUT2D eigenvalue weighted by molar-refractivity contribution is -0.153. The molecule has 1 saturated carbocycles. The van der Waals surface area contributed by atoms with Crippen molar-refractivity contribution in [3.05, 3.63) is 23.3 Å². The van der Waals surface area contributed by atoms with E-state index in [1.54, 1.807) is 0 Å². The third-order valence-electron chi connectivity index (χ3n) is 4.73. The summed E-state index contributed by atoms with van der Waals surface area (Å²) in [4.78, 5) is 35.6. The number of rotatable bonds is 1. The third-order valence-corrected chi connectivity index (χ3v) is 4.73. The van der Waals surface area contributed by atoms with Crippen molar-refractivity contribution in [3.63, 3.8) is 0 Å². The molecule has 0 aromatic rings. The fraction of sp³-hybridized carbons (Fsp3) is 0.562. The highest BCUT2D eigenvalue weighted by molar-refractivity contribution is 5.93. The van der Waals surface area contributed by atoms with Gasteiger partial charge in [-0.1, -0.05) is 17.7 Å². The lowest BCUT2D eigenvalue weighted by atomic mass is 9.83. The molecule has 0 aromatic heterocycles. The van der Waals surface area contributed by atoms with Gasteiger partial charge in [0.1, 0.15) is 18.0 Å². The maximum atomic E-state index is 12.3. The van der Waals surface area contributed by atoms with Gasteiger partial charge < -0.3 is 9.47 Å². The molecule has 2 fully saturated rings. The largest absolute Gasteiger partial charge is 0.461 e. The van der Waals surface area contributed by atoms with E-state index in [0.717, 1.165) is 11.1 Å². The van der Waals surface area contributed by atoms with Gasteiger partial charge in [0.2, 0.25) is 0 Å². The Labute approximate surface area is 123 Å². The van der Waals surface area contributed by atoms with Gasteiger partial charge in [0.25, 0.3) is 0 Å². The van der Waals surface area contributed by atoms with Crippen LogP contribution in [0.1, 0.15) is 33.1 Å². The van der Waals surface area contributed by atoms with Gasteiger partial charge in [-0.3, -0.25) is 9.59 Å². The Bertz CT molecular complexity index is 585. The molecule has 1 saturated heterocycles. The fourth-order valence-corrected chi connectivity index (χ4v) is 3.82. The van der Waals surface area contributed by atoms with E-state index in [0.29, 0.717) is 24.8 Å². The summed E-state index contributed by atoms with van der Waals surface area (Å²) in [7, 11) is 0. The summed E-state index contributed by atoms with van der Waals surface area (Å²) < 4.78 is 10.8. The minimum atomic E-state index is -0.672. The zero-order chi connectivity index (χ0) is 15.3. The molecule has 112 valence electrons. The molecule has 1 aliphatic heterocycles. The van der Waals surface area contributed by atoms with Crippen molar-refractivity contribution in [1.29, 1.82) is 0 Å². The molecule has 0 spiro atoms. The average Bonchev–Trinajstić information content (AvgIpc) is 2.86. The van der Waals surface area contributed by atoms with Crippen molar-refractivity contribution >= 4 is 17.7 Å². The first-order valence-corrected chi connectivity index (χ1v) is 7.18. The molecule has 0 unspecified atom stereocenters. The molecule has 0 N–H and O–H groups in total. The molecule has 4 atom stereocenters. The summed E-state index contributed by atoms with van der Waals surface area (Å²) >= 11 is 0. The highest BCUT2D eigenvalue weighted by atomic mass is 16.6. The standard InChI is InChI=1S/C16H18O5/c1-7-6-12-13(8(2)16(19)21-12)15(20-9(3)17)14-10(7)4-5-11(14)18/h12-15H,2,4-6H2,1,3H3/t12-,13+,14+,15+/m0/s1. The Morgan fingerprint density at radius 1 is 1.33 bits per heavy atom. The van der Waals surface area contributed by atoms with Crippen molar-refractivity contribution in [3.8, 4) is 0 Å². The molecule has 1 heterocycles. The van der Waals surface area contributed by atoms with E-state index in [-0.39, 0.29) is 11.9 Å². The van der Waals surface area contributed by atoms with Crippen LogP contribution in [0.4, 0.5) is 0 Å². The predicted octanol–water partition coefficient (Wildman–Crippen LogP) is 1.72. The molecular weight excluding hydrogens is 272 g/mol. The van der Waals surface area contributed by atoms with E-state index in [1.165, 1.54) is 6.92 Å². The number of hydrogen-bond acceptors (Lipinski definition) is 5. The van der Waals surface area contributed by atoms with Crippen molar-refractivity contribution in [2.24, 2.45) is 11.8 Å². The lowest BCUT2D eigenvalue weighted by Gasteiger charge is -2.28. The molecule has 0 amide bonds. The molecule has 0 aromatic carbocycles. The van der Waals surface area contributed by atoms with Crippen LogP contribution in [0.25, 0.3) is 0 Å². The Morgan fingerprint density at radius 2 is 2.05 bits per heavy atom. The molecule has 5 nitrogen and oxygen atoms in total. The third kappa shape index (κ3) is 2.11. The van der Waals surface area contributed by atoms with E-state index >= 15 is 0 Å². The molecule has 21 heavy (non-hydrogen) atoms. The Balaban J connectivity index is 2.08. The van der Waals surface area contributed by atoms with Gasteiger partial charge in [-0.15, -0.1) is 0 Å². The van der Waals surface area contributed by atoms with Crippen LogP contribution in [0.2, 0.25) is 0 Å². The van der Waals surface area contributed by atoms with Gasteiger partial charge in [-0.25, -0.2) is 4.79 Å². The number of Topliss-reactive ketones (excluding diaryl/α,β-unsaturated/α-hetero) is 1. The van der Waals surface area contributed by atoms with Crippen LogP contribution in [-0.2, 0) is 23.9 Å². The zero-order valence-electron chi connectivity index (χ0n) is 12.2. The van der Waals surface area contributed by atoms with Crippen LogP contribution in [0.15, 0.2) is 23.3 Å². The monoisotopic (exact) mass is 290 g/mol. The van der Waals surface area contributed by atoms with Crippen LogP contribution in [-0.4, -0.2) is 29.9 Å². The maximum Gasteiger partial charge on any atom is 0.334 e. The first-order valence-electron chi connectivity index (χ1n) is 7.18. The normalized spacial score (nSPS) is 35.2. The van der Waals surface area contributed by atoms with Crippen LogP contribution in [0.3, 0.4) is 0 Å². The summed E-state index contributed by atoms with van der Waals surface area (Å²) in [6, 6.07) is 0. The van der Waals surface area contributed by atoms with Crippen LogP contribution in [0.5, 0.6) is 0 Å². The second-order valence-corrected chi connectivity index (χ2v) is 6.02. The van der Waals surface area contributed by atoms with Crippen molar-refractivity contribution in [2.75, 3.05) is 0 Å². The second-order valence-electron chi connectivity index (χ2n) is 6.02. The smallest absolute Gasteiger partial charge is 0.334 e. The Kier molecular flexibility index (Phi) is 3.23. The Hall–Kier alpha value is -1.91. The molecule has 2 aliphatic carbocycles. The van der Waals surface area contributed by atoms with Crippen molar-refractivity contribution < 1.29 is 23.9 Å². The van der Waals surface area contributed by atoms with Crippen LogP contribution in [0, 0.1) is 11.8 Å². The van der Waals surface area contributed by atoms with E-state index in [2.05, 4.69) is 6.58 Å². The fourth-order valence-electron chi connectivity index (χ4n) is 3.82. The molecule has 3 aliphatic rings. The van der Waals surface area contributed by atoms with Gasteiger partial charge >= 0.3 is 11.9 Å². The summed E-state index contributed by atoms with van der Waals surface area (Å²) in [5.74, 6) is -1.72. The number of fused-ring (bicyclic) bond motifs is 2. The molecule has 5 heteroatoms. The predicted molar refractivity (Wildman–Crippen MR) is 73.1 cm³/mol. The summed E-state index contributed by atoms with van der Waals surface area (Å²) in [6.07, 6.45) is 0.682. The summed E-state index contributed by atoms with van der Waals surface area (Å²) in [6.45, 7) is 7.06. The average molecular weight is 290 g/mol. The number of hydrogen-bond donors (Lipinski definition) is 0. The van der Waals surface area contributed by atoms with Gasteiger partial charge in [0.05, 0.1) is 11.8 Å². The number of carbonyl (C=O) groups excluding carboxylic acids is 3. The Morgan fingerprint density at radius 3 is 2.71 bits per heavy atom. The topological polar surface area (TPSA) is 69.7 Å². The maximum absolute atomic E-state index is 12.3. The van der Waals surface area contributed by atoms with Gasteiger partial charge in [0, 0.05) is 25.3 Å². The van der Waals surface area contributed by atoms with Crippen LogP contribution >= 0.6 is 0 Å². The molecular formula is C16H18O5. The lowest BCUT2D eigenvalue weighted by Crippen LogP contribution is -2.39. The van der Waals surface area contributed by atoms with E-state index < -0.39 is 29.9 Å². The summed E-state index contributed by atoms with van der Waals surface area (Å²) in [5, 5.41) is 0. The van der Waals surface area contributed by atoms with Gasteiger partial charge in [-0.05, 0) is 13.3 Å². The summed E-state index contributed by atoms with van der Waals surface area (Å²) in [5.41, 5.74) is 2.42. The molecule has 3 rings (SSSR count). The number of ether oxygens (including phenoxy) is 2. The van der Waals surface area contributed by atoms with Gasteiger partial charge in [-0.2, -0.15) is 0 Å². The van der Waals surface area contributed by atoms with Crippen molar-refractivity contribution in [1.82, 2.24) is 0 Å². The molecule has 0 bridgehead atoms. The highest BCUT2D eigenvalue weighted by Crippen LogP contribution is 2.47. The number of carbonyl (C=O) groups is 3. The van der Waals surface area contributed by atoms with Crippen molar-refractivity contribution in [2.45, 2.75) is 45.3 Å². The number of ketones is 1. The number of esters is 2. The van der Waals surface area contributed by atoms with Crippen LogP contribution < -0.4 is 0 Å². The van der Waals surface area contributed by atoms with E-state index in [1.807, 2.05) is 6.92 Å².